The number of aliphatic hydroxyl groups is 1. The molecular formula is C13H16FNO4. The van der Waals surface area contributed by atoms with Crippen molar-refractivity contribution in [3.63, 3.8) is 0 Å². The highest BCUT2D eigenvalue weighted by atomic mass is 19.1. The molecule has 0 saturated heterocycles. The maximum atomic E-state index is 13.1. The molecule has 0 unspecified atom stereocenters. The summed E-state index contributed by atoms with van der Waals surface area (Å²) in [6, 6.07) is 5.26. The average molecular weight is 269 g/mol. The number of carbonyl (C=O) groups is 2. The summed E-state index contributed by atoms with van der Waals surface area (Å²) in [5.74, 6) is -1.39. The van der Waals surface area contributed by atoms with Crippen molar-refractivity contribution in [2.75, 3.05) is 26.8 Å². The minimum atomic E-state index is -0.511. The third kappa shape index (κ3) is 4.67. The molecule has 0 saturated carbocycles. The van der Waals surface area contributed by atoms with Crippen LogP contribution in [0.25, 0.3) is 0 Å². The van der Waals surface area contributed by atoms with Gasteiger partial charge >= 0.3 is 5.97 Å². The van der Waals surface area contributed by atoms with Crippen molar-refractivity contribution in [1.29, 1.82) is 0 Å². The molecule has 0 radical (unpaired) electrons. The van der Waals surface area contributed by atoms with Crippen molar-refractivity contribution < 1.29 is 23.8 Å². The molecule has 5 nitrogen and oxygen atoms in total. The van der Waals surface area contributed by atoms with Gasteiger partial charge in [0.2, 0.25) is 0 Å². The number of methoxy groups -OCH3 is 1. The molecule has 19 heavy (non-hydrogen) atoms. The van der Waals surface area contributed by atoms with Gasteiger partial charge in [0.25, 0.3) is 5.91 Å². The molecule has 0 atom stereocenters. The van der Waals surface area contributed by atoms with E-state index in [1.54, 1.807) is 0 Å². The van der Waals surface area contributed by atoms with Gasteiger partial charge in [0.15, 0.2) is 0 Å². The minimum Gasteiger partial charge on any atom is -0.469 e. The fourth-order valence-corrected chi connectivity index (χ4v) is 1.57. The van der Waals surface area contributed by atoms with Crippen molar-refractivity contribution in [2.24, 2.45) is 0 Å². The molecule has 0 aliphatic heterocycles. The van der Waals surface area contributed by atoms with E-state index in [1.165, 1.54) is 30.2 Å². The Labute approximate surface area is 110 Å². The van der Waals surface area contributed by atoms with E-state index in [1.807, 2.05) is 0 Å². The summed E-state index contributed by atoms with van der Waals surface area (Å²) in [6.45, 7) is -0.0445. The summed E-state index contributed by atoms with van der Waals surface area (Å²) in [4.78, 5) is 24.4. The van der Waals surface area contributed by atoms with Gasteiger partial charge in [-0.25, -0.2) is 4.39 Å². The highest BCUT2D eigenvalue weighted by molar-refractivity contribution is 5.94. The van der Waals surface area contributed by atoms with E-state index in [0.29, 0.717) is 0 Å². The number of nitrogens with zero attached hydrogens (tertiary/aromatic N) is 1. The molecule has 0 heterocycles. The van der Waals surface area contributed by atoms with Crippen LogP contribution in [0, 0.1) is 5.82 Å². The molecule has 0 bridgehead atoms. The van der Waals surface area contributed by atoms with Crippen LogP contribution < -0.4 is 0 Å². The highest BCUT2D eigenvalue weighted by Crippen LogP contribution is 2.08. The lowest BCUT2D eigenvalue weighted by Crippen LogP contribution is -2.35. The Morgan fingerprint density at radius 2 is 2.11 bits per heavy atom. The van der Waals surface area contributed by atoms with Crippen LogP contribution in [-0.4, -0.2) is 48.7 Å². The van der Waals surface area contributed by atoms with Crippen LogP contribution in [0.5, 0.6) is 0 Å². The number of hydrogen-bond donors (Lipinski definition) is 1. The van der Waals surface area contributed by atoms with Crippen molar-refractivity contribution in [3.8, 4) is 0 Å². The summed E-state index contributed by atoms with van der Waals surface area (Å²) in [6.07, 6.45) is 0.0254. The Bertz CT molecular complexity index is 450. The first-order valence-corrected chi connectivity index (χ1v) is 5.81. The second-order valence-electron chi connectivity index (χ2n) is 3.85. The number of benzene rings is 1. The first-order chi connectivity index (χ1) is 9.08. The Balaban J connectivity index is 2.74. The number of amides is 1. The number of ether oxygens (including phenoxy) is 1. The zero-order valence-corrected chi connectivity index (χ0v) is 10.6. The second kappa shape index (κ2) is 7.48. The molecular weight excluding hydrogens is 253 g/mol. The molecule has 6 heteroatoms. The predicted octanol–water partition coefficient (Wildman–Crippen LogP) is 0.823. The largest absolute Gasteiger partial charge is 0.469 e. The van der Waals surface area contributed by atoms with Crippen LogP contribution in [-0.2, 0) is 9.53 Å². The van der Waals surface area contributed by atoms with Crippen LogP contribution in [0.3, 0.4) is 0 Å². The molecule has 0 aromatic heterocycles. The maximum Gasteiger partial charge on any atom is 0.307 e. The number of carbonyl (C=O) groups excluding carboxylic acids is 2. The Hall–Kier alpha value is -1.95. The lowest BCUT2D eigenvalue weighted by Gasteiger charge is -2.21. The molecule has 0 fully saturated rings. The predicted molar refractivity (Wildman–Crippen MR) is 66.0 cm³/mol. The van der Waals surface area contributed by atoms with Gasteiger partial charge in [0.1, 0.15) is 5.82 Å². The molecule has 1 aromatic carbocycles. The summed E-state index contributed by atoms with van der Waals surface area (Å²) in [7, 11) is 1.26. The maximum absolute atomic E-state index is 13.1. The van der Waals surface area contributed by atoms with Crippen LogP contribution in [0.4, 0.5) is 4.39 Å². The number of rotatable bonds is 6. The van der Waals surface area contributed by atoms with Crippen molar-refractivity contribution >= 4 is 11.9 Å². The van der Waals surface area contributed by atoms with E-state index in [0.717, 1.165) is 6.07 Å². The van der Waals surface area contributed by atoms with E-state index >= 15 is 0 Å². The molecule has 104 valence electrons. The van der Waals surface area contributed by atoms with Crippen molar-refractivity contribution in [1.82, 2.24) is 4.90 Å². The van der Waals surface area contributed by atoms with Gasteiger partial charge in [-0.15, -0.1) is 0 Å². The second-order valence-corrected chi connectivity index (χ2v) is 3.85. The average Bonchev–Trinajstić information content (AvgIpc) is 2.42. The first-order valence-electron chi connectivity index (χ1n) is 5.81. The third-order valence-electron chi connectivity index (χ3n) is 2.54. The topological polar surface area (TPSA) is 66.8 Å². The highest BCUT2D eigenvalue weighted by Gasteiger charge is 2.17. The van der Waals surface area contributed by atoms with Crippen LogP contribution in [0.15, 0.2) is 24.3 Å². The fraction of sp³-hybridized carbons (Fsp3) is 0.385. The van der Waals surface area contributed by atoms with E-state index in [4.69, 9.17) is 5.11 Å². The first kappa shape index (κ1) is 15.1. The molecule has 1 rings (SSSR count). The number of aliphatic hydroxyl groups excluding tert-OH is 1. The Morgan fingerprint density at radius 3 is 2.68 bits per heavy atom. The van der Waals surface area contributed by atoms with Crippen molar-refractivity contribution in [2.45, 2.75) is 6.42 Å². The smallest absolute Gasteiger partial charge is 0.307 e. The van der Waals surface area contributed by atoms with E-state index < -0.39 is 17.7 Å². The van der Waals surface area contributed by atoms with Crippen molar-refractivity contribution in [3.05, 3.63) is 35.6 Å². The summed E-state index contributed by atoms with van der Waals surface area (Å²) < 4.78 is 17.5. The minimum absolute atomic E-state index is 0.0254. The van der Waals surface area contributed by atoms with Gasteiger partial charge < -0.3 is 14.7 Å². The van der Waals surface area contributed by atoms with E-state index in [2.05, 4.69) is 4.74 Å². The van der Waals surface area contributed by atoms with Gasteiger partial charge in [-0.2, -0.15) is 0 Å². The van der Waals surface area contributed by atoms with Gasteiger partial charge in [0, 0.05) is 18.7 Å². The molecule has 1 aromatic rings. The SMILES string of the molecule is COC(=O)CCN(CCO)C(=O)c1cccc(F)c1. The third-order valence-corrected chi connectivity index (χ3v) is 2.54. The van der Waals surface area contributed by atoms with E-state index in [9.17, 15) is 14.0 Å². The van der Waals surface area contributed by atoms with E-state index in [-0.39, 0.29) is 31.7 Å². The van der Waals surface area contributed by atoms with Gasteiger partial charge in [-0.1, -0.05) is 6.07 Å². The number of esters is 1. The number of halogens is 1. The van der Waals surface area contributed by atoms with Gasteiger partial charge in [0.05, 0.1) is 20.1 Å². The fourth-order valence-electron chi connectivity index (χ4n) is 1.57. The molecule has 0 spiro atoms. The lowest BCUT2D eigenvalue weighted by molar-refractivity contribution is -0.140. The van der Waals surface area contributed by atoms with Crippen LogP contribution in [0.2, 0.25) is 0 Å². The Morgan fingerprint density at radius 1 is 1.37 bits per heavy atom. The quantitative estimate of drug-likeness (QED) is 0.777. The molecule has 0 aliphatic carbocycles. The zero-order valence-electron chi connectivity index (χ0n) is 10.6. The summed E-state index contributed by atoms with van der Waals surface area (Å²) in [5.41, 5.74) is 0.179. The van der Waals surface area contributed by atoms with Gasteiger partial charge in [-0.05, 0) is 18.2 Å². The monoisotopic (exact) mass is 269 g/mol. The Kier molecular flexibility index (Phi) is 5.95. The molecule has 0 aliphatic rings. The summed E-state index contributed by atoms with van der Waals surface area (Å²) >= 11 is 0. The molecule has 1 amide bonds. The lowest BCUT2D eigenvalue weighted by atomic mass is 10.2. The number of hydrogen-bond acceptors (Lipinski definition) is 4. The van der Waals surface area contributed by atoms with Crippen LogP contribution >= 0.6 is 0 Å². The normalized spacial score (nSPS) is 10.1. The summed E-state index contributed by atoms with van der Waals surface area (Å²) in [5, 5.41) is 8.93. The zero-order chi connectivity index (χ0) is 14.3. The standard InChI is InChI=1S/C13H16FNO4/c1-19-12(17)5-6-15(7-8-16)13(18)10-3-2-4-11(14)9-10/h2-4,9,16H,5-8H2,1H3. The molecule has 1 N–H and O–H groups in total. The van der Waals surface area contributed by atoms with Gasteiger partial charge in [-0.3, -0.25) is 9.59 Å². The van der Waals surface area contributed by atoms with Crippen LogP contribution in [0.1, 0.15) is 16.8 Å².